The highest BCUT2D eigenvalue weighted by Gasteiger charge is 2.46. The highest BCUT2D eigenvalue weighted by Crippen LogP contribution is 2.48. The van der Waals surface area contributed by atoms with Gasteiger partial charge >= 0.3 is 15.6 Å². The van der Waals surface area contributed by atoms with Gasteiger partial charge in [0.25, 0.3) is 0 Å². The molecule has 0 saturated carbocycles. The van der Waals surface area contributed by atoms with Crippen molar-refractivity contribution in [2.24, 2.45) is 5.73 Å². The van der Waals surface area contributed by atoms with Crippen LogP contribution in [0, 0.1) is 0 Å². The van der Waals surface area contributed by atoms with Crippen LogP contribution < -0.4 is 5.73 Å². The molecule has 0 bridgehead atoms. The van der Waals surface area contributed by atoms with Crippen molar-refractivity contribution in [3.05, 3.63) is 78.4 Å². The monoisotopic (exact) mass is 454 g/mol. The van der Waals surface area contributed by atoms with Crippen LogP contribution in [0.15, 0.2) is 72.8 Å². The Morgan fingerprint density at radius 1 is 0.867 bits per heavy atom. The lowest BCUT2D eigenvalue weighted by Crippen LogP contribution is -2.23. The number of rotatable bonds is 3. The lowest BCUT2D eigenvalue weighted by Gasteiger charge is -2.02. The van der Waals surface area contributed by atoms with Crippen molar-refractivity contribution in [2.75, 3.05) is 7.11 Å². The van der Waals surface area contributed by atoms with Gasteiger partial charge in [0, 0.05) is 27.8 Å². The molecule has 158 valence electrons. The molecule has 4 aromatic rings. The molecule has 0 saturated heterocycles. The molecule has 2 N–H and O–H groups in total. The van der Waals surface area contributed by atoms with Gasteiger partial charge in [-0.3, -0.25) is 4.18 Å². The van der Waals surface area contributed by atoms with E-state index in [2.05, 4.69) is 77.0 Å². The van der Waals surface area contributed by atoms with Crippen molar-refractivity contribution < 1.29 is 25.8 Å². The van der Waals surface area contributed by atoms with E-state index in [0.29, 0.717) is 13.7 Å². The molecular formula is C21H19F3NO3S2+. The molecule has 0 atom stereocenters. The zero-order valence-corrected chi connectivity index (χ0v) is 17.5. The van der Waals surface area contributed by atoms with E-state index in [1.165, 1.54) is 30.6 Å². The summed E-state index contributed by atoms with van der Waals surface area (Å²) in [7, 11) is -4.88. The number of benzene rings is 3. The third kappa shape index (κ3) is 4.34. The Hall–Kier alpha value is -2.46. The van der Waals surface area contributed by atoms with Gasteiger partial charge in [-0.2, -0.15) is 21.6 Å². The molecule has 30 heavy (non-hydrogen) atoms. The lowest BCUT2D eigenvalue weighted by molar-refractivity contribution is -0.0526. The van der Waals surface area contributed by atoms with Crippen molar-refractivity contribution in [3.8, 4) is 4.90 Å². The molecule has 9 heteroatoms. The molecular weight excluding hydrogens is 435 g/mol. The molecule has 4 nitrogen and oxygen atoms in total. The van der Waals surface area contributed by atoms with Crippen LogP contribution in [0.25, 0.3) is 25.1 Å². The number of thiophene rings is 1. The van der Waals surface area contributed by atoms with Gasteiger partial charge < -0.3 is 5.73 Å². The number of nitrogens with two attached hydrogens (primary N) is 1. The maximum atomic E-state index is 11.1. The lowest BCUT2D eigenvalue weighted by atomic mass is 10.2. The van der Waals surface area contributed by atoms with Crippen molar-refractivity contribution in [3.63, 3.8) is 0 Å². The van der Waals surface area contributed by atoms with Crippen LogP contribution in [0.2, 0.25) is 0 Å². The van der Waals surface area contributed by atoms with Crippen molar-refractivity contribution in [1.29, 1.82) is 0 Å². The SMILES string of the molecule is COS(=O)(=O)C(F)(F)F.NCc1ccc(-[s+]2c3ccccc3c3ccccc32)cc1. The second kappa shape index (κ2) is 8.73. The Labute approximate surface area is 174 Å². The zero-order valence-electron chi connectivity index (χ0n) is 15.9. The molecule has 4 rings (SSSR count). The fourth-order valence-corrected chi connectivity index (χ4v) is 5.53. The molecule has 1 heterocycles. The van der Waals surface area contributed by atoms with E-state index in [9.17, 15) is 21.6 Å². The Morgan fingerprint density at radius 2 is 1.33 bits per heavy atom. The first kappa shape index (κ1) is 22.2. The predicted octanol–water partition coefficient (Wildman–Crippen LogP) is 5.67. The van der Waals surface area contributed by atoms with Crippen molar-refractivity contribution in [2.45, 2.75) is 12.1 Å². The summed E-state index contributed by atoms with van der Waals surface area (Å²) >= 11 is 0. The van der Waals surface area contributed by atoms with Crippen LogP contribution in [0.5, 0.6) is 0 Å². The van der Waals surface area contributed by atoms with E-state index in [1.54, 1.807) is 0 Å². The van der Waals surface area contributed by atoms with Gasteiger partial charge in [0.2, 0.25) is 0 Å². The predicted molar refractivity (Wildman–Crippen MR) is 115 cm³/mol. The van der Waals surface area contributed by atoms with E-state index in [1.807, 2.05) is 0 Å². The molecule has 1 aromatic heterocycles. The molecule has 3 aromatic carbocycles. The van der Waals surface area contributed by atoms with Crippen LogP contribution in [-0.4, -0.2) is 21.0 Å². The minimum absolute atomic E-state index is 0.00837. The fourth-order valence-electron chi connectivity index (χ4n) is 2.96. The standard InChI is InChI=1S/C19H16NS.C2H3F3O3S/c20-13-14-9-11-15(12-10-14)21-18-7-3-1-5-16(18)17-6-2-4-8-19(17)21;1-8-9(6,7)2(3,4)5/h1-12H,13,20H2;1H3/q+1;. The number of fused-ring (bicyclic) bond motifs is 3. The minimum atomic E-state index is -5.34. The summed E-state index contributed by atoms with van der Waals surface area (Å²) in [5.41, 5.74) is 1.59. The quantitative estimate of drug-likeness (QED) is 0.246. The van der Waals surface area contributed by atoms with Crippen LogP contribution in [0.3, 0.4) is 0 Å². The first-order chi connectivity index (χ1) is 14.2. The average Bonchev–Trinajstić information content (AvgIpc) is 3.08. The number of alkyl halides is 3. The minimum Gasteiger partial charge on any atom is -0.326 e. The fraction of sp³-hybridized carbons (Fsp3) is 0.143. The molecule has 0 aliphatic heterocycles. The Balaban J connectivity index is 0.000000244. The van der Waals surface area contributed by atoms with E-state index in [0.717, 1.165) is 0 Å². The molecule has 0 fully saturated rings. The molecule has 0 unspecified atom stereocenters. The zero-order chi connectivity index (χ0) is 21.9. The summed E-state index contributed by atoms with van der Waals surface area (Å²) in [5.74, 6) is 0. The average molecular weight is 455 g/mol. The van der Waals surface area contributed by atoms with E-state index in [4.69, 9.17) is 5.73 Å². The number of hydrogen-bond acceptors (Lipinski definition) is 4. The first-order valence-electron chi connectivity index (χ1n) is 8.78. The Kier molecular flexibility index (Phi) is 6.47. The highest BCUT2D eigenvalue weighted by molar-refractivity contribution is 7.87. The summed E-state index contributed by atoms with van der Waals surface area (Å²) in [5, 5.41) is 2.75. The maximum absolute atomic E-state index is 11.1. The van der Waals surface area contributed by atoms with Gasteiger partial charge in [0.1, 0.15) is 0 Å². The summed E-state index contributed by atoms with van der Waals surface area (Å²) in [6.07, 6.45) is 0. The Bertz CT molecular complexity index is 1210. The smallest absolute Gasteiger partial charge is 0.326 e. The third-order valence-electron chi connectivity index (χ3n) is 4.40. The topological polar surface area (TPSA) is 69.4 Å². The molecule has 0 aliphatic rings. The van der Waals surface area contributed by atoms with E-state index >= 15 is 0 Å². The van der Waals surface area contributed by atoms with Crippen molar-refractivity contribution >= 4 is 40.8 Å². The first-order valence-corrected chi connectivity index (χ1v) is 11.4. The van der Waals surface area contributed by atoms with Gasteiger partial charge in [-0.15, -0.1) is 0 Å². The van der Waals surface area contributed by atoms with E-state index in [-0.39, 0.29) is 10.5 Å². The normalized spacial score (nSPS) is 12.0. The van der Waals surface area contributed by atoms with Gasteiger partial charge in [-0.1, -0.05) is 36.4 Å². The summed E-state index contributed by atoms with van der Waals surface area (Å²) in [4.78, 5) is 1.37. The second-order valence-corrected chi connectivity index (χ2v) is 9.88. The summed E-state index contributed by atoms with van der Waals surface area (Å²) < 4.78 is 58.7. The second-order valence-electron chi connectivity index (χ2n) is 6.21. The third-order valence-corrected chi connectivity index (χ3v) is 7.74. The number of halogens is 3. The summed E-state index contributed by atoms with van der Waals surface area (Å²) in [6.45, 7) is 0.598. The number of hydrogen-bond donors (Lipinski definition) is 1. The molecule has 0 amide bonds. The Morgan fingerprint density at radius 3 is 1.70 bits per heavy atom. The van der Waals surface area contributed by atoms with Gasteiger partial charge in [-0.25, -0.2) is 0 Å². The molecule has 0 aliphatic carbocycles. The maximum Gasteiger partial charge on any atom is 0.523 e. The van der Waals surface area contributed by atoms with Crippen LogP contribution in [0.1, 0.15) is 5.56 Å². The van der Waals surface area contributed by atoms with Gasteiger partial charge in [0.15, 0.2) is 14.3 Å². The molecule has 0 radical (unpaired) electrons. The van der Waals surface area contributed by atoms with Gasteiger partial charge in [0.05, 0.1) is 7.11 Å². The molecule has 0 spiro atoms. The summed E-state index contributed by atoms with van der Waals surface area (Å²) in [6, 6.07) is 26.2. The largest absolute Gasteiger partial charge is 0.523 e. The van der Waals surface area contributed by atoms with E-state index < -0.39 is 15.6 Å². The van der Waals surface area contributed by atoms with Crippen LogP contribution in [0.4, 0.5) is 13.2 Å². The van der Waals surface area contributed by atoms with Crippen LogP contribution >= 0.6 is 10.5 Å². The highest BCUT2D eigenvalue weighted by atomic mass is 32.2. The van der Waals surface area contributed by atoms with Gasteiger partial charge in [-0.05, 0) is 42.0 Å². The van der Waals surface area contributed by atoms with Crippen LogP contribution in [-0.2, 0) is 20.8 Å². The van der Waals surface area contributed by atoms with Crippen molar-refractivity contribution in [1.82, 2.24) is 0 Å².